The van der Waals surface area contributed by atoms with E-state index in [1.807, 2.05) is 6.07 Å². The van der Waals surface area contributed by atoms with E-state index >= 15 is 0 Å². The molecular formula is C15H21ClN2. The topological polar surface area (TPSA) is 15.3 Å². The number of aryl methyl sites for hydroxylation is 1. The van der Waals surface area contributed by atoms with E-state index in [9.17, 15) is 0 Å². The Morgan fingerprint density at radius 1 is 1.11 bits per heavy atom. The highest BCUT2D eigenvalue weighted by Crippen LogP contribution is 2.27. The van der Waals surface area contributed by atoms with Crippen LogP contribution in [0.2, 0.25) is 5.02 Å². The van der Waals surface area contributed by atoms with E-state index < -0.39 is 0 Å². The van der Waals surface area contributed by atoms with Gasteiger partial charge in [0, 0.05) is 35.9 Å². The Morgan fingerprint density at radius 2 is 1.78 bits per heavy atom. The van der Waals surface area contributed by atoms with Crippen LogP contribution in [0.3, 0.4) is 0 Å². The SMILES string of the molecule is Cc1cc(Cl)ccc1N1CCC(NC2CC2)CC1. The van der Waals surface area contributed by atoms with Crippen molar-refractivity contribution in [3.8, 4) is 0 Å². The molecule has 18 heavy (non-hydrogen) atoms. The fourth-order valence-corrected chi connectivity index (χ4v) is 3.07. The molecule has 0 atom stereocenters. The molecule has 1 aliphatic carbocycles. The number of rotatable bonds is 3. The number of halogens is 1. The lowest BCUT2D eigenvalue weighted by Crippen LogP contribution is -2.43. The molecule has 2 fully saturated rings. The molecule has 2 nitrogen and oxygen atoms in total. The van der Waals surface area contributed by atoms with Crippen LogP contribution in [-0.2, 0) is 0 Å². The van der Waals surface area contributed by atoms with Crippen molar-refractivity contribution in [2.24, 2.45) is 0 Å². The maximum atomic E-state index is 6.01. The van der Waals surface area contributed by atoms with Crippen LogP contribution in [0.5, 0.6) is 0 Å². The second-order valence-electron chi connectivity index (χ2n) is 5.63. The summed E-state index contributed by atoms with van der Waals surface area (Å²) in [4.78, 5) is 2.50. The molecule has 3 heteroatoms. The van der Waals surface area contributed by atoms with Gasteiger partial charge in [-0.3, -0.25) is 0 Å². The molecule has 0 spiro atoms. The van der Waals surface area contributed by atoms with Crippen molar-refractivity contribution in [2.75, 3.05) is 18.0 Å². The fraction of sp³-hybridized carbons (Fsp3) is 0.600. The van der Waals surface area contributed by atoms with E-state index in [1.54, 1.807) is 0 Å². The average molecular weight is 265 g/mol. The molecule has 0 radical (unpaired) electrons. The summed E-state index contributed by atoms with van der Waals surface area (Å²) in [5.41, 5.74) is 2.64. The number of hydrogen-bond acceptors (Lipinski definition) is 2. The van der Waals surface area contributed by atoms with Gasteiger partial charge in [0.2, 0.25) is 0 Å². The summed E-state index contributed by atoms with van der Waals surface area (Å²) in [6.07, 6.45) is 5.30. The third-order valence-electron chi connectivity index (χ3n) is 4.04. The van der Waals surface area contributed by atoms with E-state index in [4.69, 9.17) is 11.6 Å². The van der Waals surface area contributed by atoms with Gasteiger partial charge in [-0.15, -0.1) is 0 Å². The number of nitrogens with zero attached hydrogens (tertiary/aromatic N) is 1. The molecule has 0 amide bonds. The first kappa shape index (κ1) is 12.3. The van der Waals surface area contributed by atoms with E-state index in [0.717, 1.165) is 30.2 Å². The second kappa shape index (κ2) is 5.10. The smallest absolute Gasteiger partial charge is 0.0410 e. The van der Waals surface area contributed by atoms with Gasteiger partial charge in [0.15, 0.2) is 0 Å². The summed E-state index contributed by atoms with van der Waals surface area (Å²) in [6.45, 7) is 4.47. The molecule has 0 aromatic heterocycles. The molecule has 0 bridgehead atoms. The van der Waals surface area contributed by atoms with Gasteiger partial charge in [0.05, 0.1) is 0 Å². The van der Waals surface area contributed by atoms with Crippen molar-refractivity contribution >= 4 is 17.3 Å². The molecule has 3 rings (SSSR count). The molecule has 1 heterocycles. The van der Waals surface area contributed by atoms with Gasteiger partial charge in [0.1, 0.15) is 0 Å². The summed E-state index contributed by atoms with van der Waals surface area (Å²) in [5, 5.41) is 4.58. The van der Waals surface area contributed by atoms with Crippen molar-refractivity contribution in [3.05, 3.63) is 28.8 Å². The Hall–Kier alpha value is -0.730. The number of hydrogen-bond donors (Lipinski definition) is 1. The molecule has 1 N–H and O–H groups in total. The summed E-state index contributed by atoms with van der Waals surface area (Å²) in [6, 6.07) is 7.79. The van der Waals surface area contributed by atoms with Crippen LogP contribution in [0, 0.1) is 6.92 Å². The number of anilines is 1. The Bertz CT molecular complexity index is 421. The standard InChI is InChI=1S/C15H21ClN2/c1-11-10-12(16)2-5-15(11)18-8-6-14(7-9-18)17-13-3-4-13/h2,5,10,13-14,17H,3-4,6-9H2,1H3. The van der Waals surface area contributed by atoms with Crippen molar-refractivity contribution in [2.45, 2.75) is 44.7 Å². The zero-order chi connectivity index (χ0) is 12.5. The first-order valence-electron chi connectivity index (χ1n) is 6.99. The zero-order valence-electron chi connectivity index (χ0n) is 11.0. The van der Waals surface area contributed by atoms with Crippen molar-refractivity contribution in [3.63, 3.8) is 0 Å². The van der Waals surface area contributed by atoms with Crippen LogP contribution in [0.4, 0.5) is 5.69 Å². The summed E-state index contributed by atoms with van der Waals surface area (Å²) in [5.74, 6) is 0. The van der Waals surface area contributed by atoms with Crippen molar-refractivity contribution in [1.29, 1.82) is 0 Å². The first-order valence-corrected chi connectivity index (χ1v) is 7.37. The van der Waals surface area contributed by atoms with Crippen LogP contribution in [0.1, 0.15) is 31.2 Å². The highest BCUT2D eigenvalue weighted by molar-refractivity contribution is 6.30. The zero-order valence-corrected chi connectivity index (χ0v) is 11.7. The molecule has 1 aliphatic heterocycles. The van der Waals surface area contributed by atoms with Gasteiger partial charge >= 0.3 is 0 Å². The highest BCUT2D eigenvalue weighted by Gasteiger charge is 2.27. The fourth-order valence-electron chi connectivity index (χ4n) is 2.84. The number of piperidine rings is 1. The van der Waals surface area contributed by atoms with Gasteiger partial charge < -0.3 is 10.2 Å². The van der Waals surface area contributed by atoms with Gasteiger partial charge in [-0.25, -0.2) is 0 Å². The molecular weight excluding hydrogens is 244 g/mol. The quantitative estimate of drug-likeness (QED) is 0.901. The van der Waals surface area contributed by atoms with Crippen LogP contribution in [0.25, 0.3) is 0 Å². The summed E-state index contributed by atoms with van der Waals surface area (Å²) < 4.78 is 0. The first-order chi connectivity index (χ1) is 8.72. The summed E-state index contributed by atoms with van der Waals surface area (Å²) in [7, 11) is 0. The van der Waals surface area contributed by atoms with Gasteiger partial charge in [-0.1, -0.05) is 11.6 Å². The lowest BCUT2D eigenvalue weighted by atomic mass is 10.0. The van der Waals surface area contributed by atoms with E-state index in [0.29, 0.717) is 0 Å². The number of benzene rings is 1. The largest absolute Gasteiger partial charge is 0.371 e. The molecule has 1 saturated carbocycles. The second-order valence-corrected chi connectivity index (χ2v) is 6.07. The van der Waals surface area contributed by atoms with Gasteiger partial charge in [-0.05, 0) is 56.4 Å². The van der Waals surface area contributed by atoms with E-state index in [-0.39, 0.29) is 0 Å². The molecule has 1 saturated heterocycles. The van der Waals surface area contributed by atoms with E-state index in [1.165, 1.54) is 36.9 Å². The van der Waals surface area contributed by atoms with Crippen LogP contribution >= 0.6 is 11.6 Å². The highest BCUT2D eigenvalue weighted by atomic mass is 35.5. The minimum absolute atomic E-state index is 0.737. The Balaban J connectivity index is 1.60. The Labute approximate surface area is 114 Å². The number of nitrogens with one attached hydrogen (secondary N) is 1. The van der Waals surface area contributed by atoms with Crippen LogP contribution in [0.15, 0.2) is 18.2 Å². The van der Waals surface area contributed by atoms with Crippen molar-refractivity contribution in [1.82, 2.24) is 5.32 Å². The minimum Gasteiger partial charge on any atom is -0.371 e. The molecule has 0 unspecified atom stereocenters. The minimum atomic E-state index is 0.737. The Morgan fingerprint density at radius 3 is 2.39 bits per heavy atom. The van der Waals surface area contributed by atoms with Crippen LogP contribution in [-0.4, -0.2) is 25.2 Å². The summed E-state index contributed by atoms with van der Waals surface area (Å²) >= 11 is 6.01. The molecule has 1 aromatic carbocycles. The third kappa shape index (κ3) is 2.81. The van der Waals surface area contributed by atoms with Crippen molar-refractivity contribution < 1.29 is 0 Å². The monoisotopic (exact) mass is 264 g/mol. The predicted octanol–water partition coefficient (Wildman–Crippen LogP) is 3.37. The van der Waals surface area contributed by atoms with E-state index in [2.05, 4.69) is 29.3 Å². The lowest BCUT2D eigenvalue weighted by Gasteiger charge is -2.35. The normalized spacial score (nSPS) is 21.3. The molecule has 2 aliphatic rings. The third-order valence-corrected chi connectivity index (χ3v) is 4.28. The molecule has 1 aromatic rings. The predicted molar refractivity (Wildman–Crippen MR) is 77.6 cm³/mol. The maximum absolute atomic E-state index is 6.01. The van der Waals surface area contributed by atoms with Crippen LogP contribution < -0.4 is 10.2 Å². The molecule has 98 valence electrons. The maximum Gasteiger partial charge on any atom is 0.0410 e. The Kier molecular flexibility index (Phi) is 3.49. The lowest BCUT2D eigenvalue weighted by molar-refractivity contribution is 0.412. The average Bonchev–Trinajstić information content (AvgIpc) is 3.15. The van der Waals surface area contributed by atoms with Gasteiger partial charge in [0.25, 0.3) is 0 Å². The van der Waals surface area contributed by atoms with Gasteiger partial charge in [-0.2, -0.15) is 0 Å².